The highest BCUT2D eigenvalue weighted by Crippen LogP contribution is 2.31. The van der Waals surface area contributed by atoms with E-state index in [1.54, 1.807) is 18.2 Å². The third kappa shape index (κ3) is 3.23. The minimum Gasteiger partial charge on any atom is -0.469 e. The first-order valence-corrected chi connectivity index (χ1v) is 7.47. The summed E-state index contributed by atoms with van der Waals surface area (Å²) in [6.45, 7) is 0. The van der Waals surface area contributed by atoms with Gasteiger partial charge in [-0.25, -0.2) is 18.7 Å². The molecule has 1 aliphatic carbocycles. The van der Waals surface area contributed by atoms with Gasteiger partial charge in [0, 0.05) is 11.4 Å². The van der Waals surface area contributed by atoms with Crippen LogP contribution in [0.5, 0.6) is 0 Å². The van der Waals surface area contributed by atoms with Crippen LogP contribution in [0, 0.1) is 5.92 Å². The Kier molecular flexibility index (Phi) is 4.36. The number of alkyl halides is 2. The lowest BCUT2D eigenvalue weighted by Crippen LogP contribution is -2.20. The van der Waals surface area contributed by atoms with Crippen molar-refractivity contribution in [3.05, 3.63) is 30.1 Å². The quantitative estimate of drug-likeness (QED) is 0.875. The molecule has 0 bridgehead atoms. The standard InChI is InChI=1S/C16H17F2N3O2/c1-23-16(22)9-6-7-10(8-9)19-14-11-4-2-3-5-12(11)20-15(21-14)13(17)18/h2-5,9-10,13H,6-8H2,1H3,(H,19,20,21)/t9-,10+/m0/s1. The van der Waals surface area contributed by atoms with Gasteiger partial charge in [-0.05, 0) is 31.4 Å². The maximum atomic E-state index is 13.0. The van der Waals surface area contributed by atoms with Gasteiger partial charge in [0.1, 0.15) is 5.82 Å². The van der Waals surface area contributed by atoms with Gasteiger partial charge in [-0.3, -0.25) is 4.79 Å². The van der Waals surface area contributed by atoms with E-state index in [0.717, 1.165) is 12.8 Å². The molecule has 0 amide bonds. The smallest absolute Gasteiger partial charge is 0.308 e. The molecule has 3 rings (SSSR count). The summed E-state index contributed by atoms with van der Waals surface area (Å²) in [5, 5.41) is 3.89. The van der Waals surface area contributed by atoms with E-state index in [-0.39, 0.29) is 17.9 Å². The Morgan fingerprint density at radius 3 is 2.83 bits per heavy atom. The molecule has 1 fully saturated rings. The maximum absolute atomic E-state index is 13.0. The van der Waals surface area contributed by atoms with E-state index >= 15 is 0 Å². The van der Waals surface area contributed by atoms with Crippen molar-refractivity contribution in [1.82, 2.24) is 9.97 Å². The van der Waals surface area contributed by atoms with Gasteiger partial charge in [0.15, 0.2) is 5.82 Å². The van der Waals surface area contributed by atoms with Crippen LogP contribution < -0.4 is 5.32 Å². The molecular formula is C16H17F2N3O2. The number of nitrogens with zero attached hydrogens (tertiary/aromatic N) is 2. The highest BCUT2D eigenvalue weighted by atomic mass is 19.3. The topological polar surface area (TPSA) is 64.1 Å². The molecule has 2 aromatic rings. The van der Waals surface area contributed by atoms with Crippen LogP contribution in [0.3, 0.4) is 0 Å². The van der Waals surface area contributed by atoms with Gasteiger partial charge in [0.2, 0.25) is 0 Å². The lowest BCUT2D eigenvalue weighted by atomic mass is 10.1. The highest BCUT2D eigenvalue weighted by molar-refractivity contribution is 5.89. The van der Waals surface area contributed by atoms with Gasteiger partial charge in [-0.2, -0.15) is 0 Å². The number of rotatable bonds is 4. The van der Waals surface area contributed by atoms with Crippen LogP contribution in [0.4, 0.5) is 14.6 Å². The lowest BCUT2D eigenvalue weighted by Gasteiger charge is -2.16. The summed E-state index contributed by atoms with van der Waals surface area (Å²) in [7, 11) is 1.37. The van der Waals surface area contributed by atoms with Crippen molar-refractivity contribution in [1.29, 1.82) is 0 Å². The summed E-state index contributed by atoms with van der Waals surface area (Å²) in [5.74, 6) is -0.481. The van der Waals surface area contributed by atoms with Crippen molar-refractivity contribution >= 4 is 22.7 Å². The minimum absolute atomic E-state index is 0.00271. The minimum atomic E-state index is -2.73. The third-order valence-corrected chi connectivity index (χ3v) is 4.12. The second kappa shape index (κ2) is 6.44. The maximum Gasteiger partial charge on any atom is 0.308 e. The first-order valence-electron chi connectivity index (χ1n) is 7.47. The fourth-order valence-corrected chi connectivity index (χ4v) is 2.99. The number of hydrogen-bond acceptors (Lipinski definition) is 5. The molecule has 1 N–H and O–H groups in total. The fourth-order valence-electron chi connectivity index (χ4n) is 2.99. The van der Waals surface area contributed by atoms with Crippen molar-refractivity contribution in [2.24, 2.45) is 5.92 Å². The fraction of sp³-hybridized carbons (Fsp3) is 0.438. The Hall–Kier alpha value is -2.31. The normalized spacial score (nSPS) is 20.9. The molecule has 122 valence electrons. The number of hydrogen-bond donors (Lipinski definition) is 1. The molecular weight excluding hydrogens is 304 g/mol. The van der Waals surface area contributed by atoms with Gasteiger partial charge < -0.3 is 10.1 Å². The summed E-state index contributed by atoms with van der Waals surface area (Å²) in [6.07, 6.45) is -0.641. The molecule has 1 aliphatic rings. The molecule has 1 aromatic heterocycles. The average Bonchev–Trinajstić information content (AvgIpc) is 3.02. The monoisotopic (exact) mass is 321 g/mol. The number of carbonyl (C=O) groups excluding carboxylic acids is 1. The highest BCUT2D eigenvalue weighted by Gasteiger charge is 2.31. The number of esters is 1. The first kappa shape index (κ1) is 15.6. The van der Waals surface area contributed by atoms with Crippen molar-refractivity contribution in [3.63, 3.8) is 0 Å². The van der Waals surface area contributed by atoms with Crippen molar-refractivity contribution in [2.45, 2.75) is 31.7 Å². The number of benzene rings is 1. The number of ether oxygens (including phenoxy) is 1. The molecule has 0 saturated heterocycles. The van der Waals surface area contributed by atoms with Gasteiger partial charge in [-0.15, -0.1) is 0 Å². The first-order chi connectivity index (χ1) is 11.1. The van der Waals surface area contributed by atoms with Gasteiger partial charge >= 0.3 is 5.97 Å². The average molecular weight is 321 g/mol. The molecule has 0 unspecified atom stereocenters. The summed E-state index contributed by atoms with van der Waals surface area (Å²) in [4.78, 5) is 19.4. The Balaban J connectivity index is 1.86. The number of carbonyl (C=O) groups is 1. The molecule has 7 heteroatoms. The SMILES string of the molecule is COC(=O)[C@H]1CC[C@@H](Nc2nc(C(F)F)nc3ccccc23)C1. The zero-order chi connectivity index (χ0) is 16.4. The van der Waals surface area contributed by atoms with Crippen LogP contribution in [0.2, 0.25) is 0 Å². The summed E-state index contributed by atoms with van der Waals surface area (Å²) < 4.78 is 30.7. The van der Waals surface area contributed by atoms with Gasteiger partial charge in [0.05, 0.1) is 18.5 Å². The van der Waals surface area contributed by atoms with E-state index in [1.807, 2.05) is 6.07 Å². The largest absolute Gasteiger partial charge is 0.469 e. The molecule has 0 aliphatic heterocycles. The van der Waals surface area contributed by atoms with Crippen molar-refractivity contribution in [2.75, 3.05) is 12.4 Å². The Morgan fingerprint density at radius 2 is 2.09 bits per heavy atom. The number of nitrogens with one attached hydrogen (secondary N) is 1. The van der Waals surface area contributed by atoms with Crippen LogP contribution >= 0.6 is 0 Å². The van der Waals surface area contributed by atoms with E-state index in [1.165, 1.54) is 7.11 Å². The molecule has 23 heavy (non-hydrogen) atoms. The zero-order valence-corrected chi connectivity index (χ0v) is 12.6. The number of fused-ring (bicyclic) bond motifs is 1. The van der Waals surface area contributed by atoms with E-state index in [4.69, 9.17) is 4.74 Å². The van der Waals surface area contributed by atoms with E-state index in [2.05, 4.69) is 15.3 Å². The molecule has 5 nitrogen and oxygen atoms in total. The van der Waals surface area contributed by atoms with E-state index in [9.17, 15) is 13.6 Å². The Labute approximate surface area is 132 Å². The number of aromatic nitrogens is 2. The van der Waals surface area contributed by atoms with Crippen LogP contribution in [0.25, 0.3) is 10.9 Å². The summed E-state index contributed by atoms with van der Waals surface area (Å²) in [6, 6.07) is 7.03. The van der Waals surface area contributed by atoms with Crippen LogP contribution in [-0.2, 0) is 9.53 Å². The molecule has 2 atom stereocenters. The molecule has 1 aromatic carbocycles. The number of methoxy groups -OCH3 is 1. The second-order valence-corrected chi connectivity index (χ2v) is 5.62. The van der Waals surface area contributed by atoms with Gasteiger partial charge in [-0.1, -0.05) is 12.1 Å². The van der Waals surface area contributed by atoms with Crippen molar-refractivity contribution in [3.8, 4) is 0 Å². The predicted octanol–water partition coefficient (Wildman–Crippen LogP) is 3.32. The van der Waals surface area contributed by atoms with Gasteiger partial charge in [0.25, 0.3) is 6.43 Å². The Bertz CT molecular complexity index is 724. The van der Waals surface area contributed by atoms with Crippen LogP contribution in [0.15, 0.2) is 24.3 Å². The van der Waals surface area contributed by atoms with Crippen LogP contribution in [0.1, 0.15) is 31.5 Å². The number of para-hydroxylation sites is 1. The molecule has 0 radical (unpaired) electrons. The van der Waals surface area contributed by atoms with Crippen LogP contribution in [-0.4, -0.2) is 29.1 Å². The van der Waals surface area contributed by atoms with E-state index < -0.39 is 12.2 Å². The second-order valence-electron chi connectivity index (χ2n) is 5.62. The third-order valence-electron chi connectivity index (χ3n) is 4.12. The molecule has 1 heterocycles. The summed E-state index contributed by atoms with van der Waals surface area (Å²) in [5.41, 5.74) is 0.475. The van der Waals surface area contributed by atoms with E-state index in [0.29, 0.717) is 23.1 Å². The van der Waals surface area contributed by atoms with Crippen molar-refractivity contribution < 1.29 is 18.3 Å². The number of anilines is 1. The molecule has 1 saturated carbocycles. The number of halogens is 2. The molecule has 0 spiro atoms. The predicted molar refractivity (Wildman–Crippen MR) is 81.3 cm³/mol. The zero-order valence-electron chi connectivity index (χ0n) is 12.6. The lowest BCUT2D eigenvalue weighted by molar-refractivity contribution is -0.145. The Morgan fingerprint density at radius 1 is 1.30 bits per heavy atom. The summed E-state index contributed by atoms with van der Waals surface area (Å²) >= 11 is 0.